The highest BCUT2D eigenvalue weighted by Crippen LogP contribution is 2.26. The Balaban J connectivity index is 2.13. The summed E-state index contributed by atoms with van der Waals surface area (Å²) in [5.41, 5.74) is 2.06. The van der Waals surface area contributed by atoms with E-state index in [9.17, 15) is 9.18 Å². The summed E-state index contributed by atoms with van der Waals surface area (Å²) < 4.78 is 12.9. The number of rotatable bonds is 2. The Morgan fingerprint density at radius 1 is 1.47 bits per heavy atom. The summed E-state index contributed by atoms with van der Waals surface area (Å²) >= 11 is 0. The van der Waals surface area contributed by atoms with Crippen LogP contribution in [0.3, 0.4) is 0 Å². The zero-order valence-electron chi connectivity index (χ0n) is 8.92. The van der Waals surface area contributed by atoms with Crippen LogP contribution in [0, 0.1) is 18.7 Å². The van der Waals surface area contributed by atoms with Crippen LogP contribution in [-0.4, -0.2) is 5.78 Å². The third kappa shape index (κ3) is 2.25. The van der Waals surface area contributed by atoms with Gasteiger partial charge in [-0.15, -0.1) is 0 Å². The van der Waals surface area contributed by atoms with Crippen molar-refractivity contribution in [3.63, 3.8) is 0 Å². The summed E-state index contributed by atoms with van der Waals surface area (Å²) in [7, 11) is 0. The number of ketones is 1. The fourth-order valence-corrected chi connectivity index (χ4v) is 2.26. The van der Waals surface area contributed by atoms with Gasteiger partial charge < -0.3 is 0 Å². The number of aryl methyl sites for hydroxylation is 1. The maximum absolute atomic E-state index is 12.9. The highest BCUT2D eigenvalue weighted by Gasteiger charge is 2.24. The maximum Gasteiger partial charge on any atom is 0.136 e. The molecular weight excluding hydrogens is 191 g/mol. The summed E-state index contributed by atoms with van der Waals surface area (Å²) in [6.45, 7) is 1.90. The van der Waals surface area contributed by atoms with Gasteiger partial charge in [0.05, 0.1) is 0 Å². The highest BCUT2D eigenvalue weighted by atomic mass is 19.1. The van der Waals surface area contributed by atoms with Crippen molar-refractivity contribution in [2.24, 2.45) is 5.92 Å². The zero-order valence-corrected chi connectivity index (χ0v) is 8.92. The molecule has 80 valence electrons. The normalized spacial score (nSPS) is 20.9. The van der Waals surface area contributed by atoms with Gasteiger partial charge in [0, 0.05) is 12.3 Å². The second kappa shape index (κ2) is 4.13. The van der Waals surface area contributed by atoms with Crippen molar-refractivity contribution in [2.45, 2.75) is 32.6 Å². The lowest BCUT2D eigenvalue weighted by atomic mass is 9.94. The third-order valence-corrected chi connectivity index (χ3v) is 3.20. The lowest BCUT2D eigenvalue weighted by Crippen LogP contribution is -2.10. The minimum Gasteiger partial charge on any atom is -0.299 e. The monoisotopic (exact) mass is 206 g/mol. The van der Waals surface area contributed by atoms with E-state index in [2.05, 4.69) is 0 Å². The van der Waals surface area contributed by atoms with E-state index >= 15 is 0 Å². The van der Waals surface area contributed by atoms with Crippen LogP contribution in [0.25, 0.3) is 0 Å². The Morgan fingerprint density at radius 3 is 2.87 bits per heavy atom. The van der Waals surface area contributed by atoms with Crippen molar-refractivity contribution < 1.29 is 9.18 Å². The number of carbonyl (C=O) groups excluding carboxylic acids is 1. The van der Waals surface area contributed by atoms with Crippen LogP contribution >= 0.6 is 0 Å². The molecule has 0 radical (unpaired) electrons. The van der Waals surface area contributed by atoms with Crippen molar-refractivity contribution in [1.82, 2.24) is 0 Å². The number of halogens is 1. The van der Waals surface area contributed by atoms with Gasteiger partial charge in [-0.1, -0.05) is 6.07 Å². The number of carbonyl (C=O) groups is 1. The largest absolute Gasteiger partial charge is 0.299 e. The molecule has 1 unspecified atom stereocenters. The van der Waals surface area contributed by atoms with Crippen LogP contribution in [0.1, 0.15) is 30.4 Å². The SMILES string of the molecule is Cc1cc(F)ccc1CC1CCCC1=O. The Kier molecular flexibility index (Phi) is 2.85. The molecule has 0 N–H and O–H groups in total. The van der Waals surface area contributed by atoms with Gasteiger partial charge in [0.25, 0.3) is 0 Å². The first-order valence-electron chi connectivity index (χ1n) is 5.44. The second-order valence-corrected chi connectivity index (χ2v) is 4.33. The topological polar surface area (TPSA) is 17.1 Å². The average Bonchev–Trinajstić information content (AvgIpc) is 2.57. The standard InChI is InChI=1S/C13H15FO/c1-9-7-12(14)6-5-10(9)8-11-3-2-4-13(11)15/h5-7,11H,2-4,8H2,1H3. The van der Waals surface area contributed by atoms with Crippen molar-refractivity contribution in [3.05, 3.63) is 35.1 Å². The molecule has 1 aromatic rings. The lowest BCUT2D eigenvalue weighted by molar-refractivity contribution is -0.120. The van der Waals surface area contributed by atoms with Crippen LogP contribution in [0.4, 0.5) is 4.39 Å². The average molecular weight is 206 g/mol. The fraction of sp³-hybridized carbons (Fsp3) is 0.462. The van der Waals surface area contributed by atoms with E-state index in [-0.39, 0.29) is 11.7 Å². The quantitative estimate of drug-likeness (QED) is 0.726. The Labute approximate surface area is 89.3 Å². The molecule has 2 rings (SSSR count). The van der Waals surface area contributed by atoms with Gasteiger partial charge in [-0.05, 0) is 49.4 Å². The Hall–Kier alpha value is -1.18. The van der Waals surface area contributed by atoms with Crippen molar-refractivity contribution in [1.29, 1.82) is 0 Å². The first-order valence-corrected chi connectivity index (χ1v) is 5.44. The van der Waals surface area contributed by atoms with Crippen LogP contribution < -0.4 is 0 Å². The molecule has 1 nitrogen and oxygen atoms in total. The van der Waals surface area contributed by atoms with E-state index in [1.165, 1.54) is 12.1 Å². The molecule has 1 atom stereocenters. The predicted molar refractivity (Wildman–Crippen MR) is 57.2 cm³/mol. The number of benzene rings is 1. The van der Waals surface area contributed by atoms with Gasteiger partial charge in [-0.2, -0.15) is 0 Å². The van der Waals surface area contributed by atoms with Crippen LogP contribution in [0.5, 0.6) is 0 Å². The van der Waals surface area contributed by atoms with Crippen LogP contribution in [0.15, 0.2) is 18.2 Å². The number of hydrogen-bond donors (Lipinski definition) is 0. The lowest BCUT2D eigenvalue weighted by Gasteiger charge is -2.10. The smallest absolute Gasteiger partial charge is 0.136 e. The minimum absolute atomic E-state index is 0.175. The molecule has 0 amide bonds. The summed E-state index contributed by atoms with van der Waals surface area (Å²) in [5.74, 6) is 0.349. The van der Waals surface area contributed by atoms with Gasteiger partial charge in [0.15, 0.2) is 0 Å². The molecule has 0 spiro atoms. The molecule has 0 heterocycles. The number of Topliss-reactive ketones (excluding diaryl/α,β-unsaturated/α-hetero) is 1. The zero-order chi connectivity index (χ0) is 10.8. The minimum atomic E-state index is -0.200. The Morgan fingerprint density at radius 2 is 2.27 bits per heavy atom. The molecule has 2 heteroatoms. The summed E-state index contributed by atoms with van der Waals surface area (Å²) in [5, 5.41) is 0. The van der Waals surface area contributed by atoms with Gasteiger partial charge in [-0.3, -0.25) is 4.79 Å². The molecule has 1 saturated carbocycles. The molecule has 0 aliphatic heterocycles. The van der Waals surface area contributed by atoms with E-state index < -0.39 is 0 Å². The summed E-state index contributed by atoms with van der Waals surface area (Å²) in [4.78, 5) is 11.5. The molecular formula is C13H15FO. The van der Waals surface area contributed by atoms with Crippen LogP contribution in [-0.2, 0) is 11.2 Å². The Bertz CT molecular complexity index is 384. The van der Waals surface area contributed by atoms with Gasteiger partial charge in [0.2, 0.25) is 0 Å². The van der Waals surface area contributed by atoms with E-state index in [0.717, 1.165) is 36.8 Å². The molecule has 0 aromatic heterocycles. The van der Waals surface area contributed by atoms with Crippen LogP contribution in [0.2, 0.25) is 0 Å². The van der Waals surface area contributed by atoms with Crippen molar-refractivity contribution in [3.8, 4) is 0 Å². The van der Waals surface area contributed by atoms with E-state index in [4.69, 9.17) is 0 Å². The molecule has 1 aliphatic rings. The van der Waals surface area contributed by atoms with Gasteiger partial charge in [0.1, 0.15) is 11.6 Å². The maximum atomic E-state index is 12.9. The first kappa shape index (κ1) is 10.3. The van der Waals surface area contributed by atoms with E-state index in [1.54, 1.807) is 6.07 Å². The predicted octanol–water partition coefficient (Wildman–Crippen LogP) is 3.05. The summed E-state index contributed by atoms with van der Waals surface area (Å²) in [6, 6.07) is 4.81. The molecule has 1 aliphatic carbocycles. The molecule has 1 fully saturated rings. The van der Waals surface area contributed by atoms with E-state index in [1.807, 2.05) is 6.92 Å². The third-order valence-electron chi connectivity index (χ3n) is 3.20. The van der Waals surface area contributed by atoms with Crippen molar-refractivity contribution >= 4 is 5.78 Å². The van der Waals surface area contributed by atoms with Crippen molar-refractivity contribution in [2.75, 3.05) is 0 Å². The van der Waals surface area contributed by atoms with E-state index in [0.29, 0.717) is 5.78 Å². The molecule has 0 bridgehead atoms. The van der Waals surface area contributed by atoms with Gasteiger partial charge in [-0.25, -0.2) is 4.39 Å². The highest BCUT2D eigenvalue weighted by molar-refractivity contribution is 5.83. The second-order valence-electron chi connectivity index (χ2n) is 4.33. The first-order chi connectivity index (χ1) is 7.16. The summed E-state index contributed by atoms with van der Waals surface area (Å²) in [6.07, 6.45) is 3.52. The molecule has 1 aromatic carbocycles. The molecule has 15 heavy (non-hydrogen) atoms. The molecule has 0 saturated heterocycles. The van der Waals surface area contributed by atoms with Gasteiger partial charge >= 0.3 is 0 Å². The fourth-order valence-electron chi connectivity index (χ4n) is 2.26. The number of hydrogen-bond acceptors (Lipinski definition) is 1.